The van der Waals surface area contributed by atoms with Crippen molar-refractivity contribution in [3.8, 4) is 0 Å². The highest BCUT2D eigenvalue weighted by molar-refractivity contribution is 7.12. The van der Waals surface area contributed by atoms with Crippen LogP contribution in [0.4, 0.5) is 0 Å². The standard InChI is InChI=1S/C17H28N2S/c1-11-5-7-12(8-6-11)16-19-14-10-17(2,3)9-13(18-4)15(14)20-16/h11-13,18H,5-10H2,1-4H3. The van der Waals surface area contributed by atoms with Gasteiger partial charge in [0, 0.05) is 16.8 Å². The van der Waals surface area contributed by atoms with Crippen molar-refractivity contribution in [2.75, 3.05) is 7.05 Å². The highest BCUT2D eigenvalue weighted by Gasteiger charge is 2.35. The van der Waals surface area contributed by atoms with Crippen molar-refractivity contribution in [2.24, 2.45) is 11.3 Å². The topological polar surface area (TPSA) is 24.9 Å². The van der Waals surface area contributed by atoms with Gasteiger partial charge in [-0.15, -0.1) is 11.3 Å². The number of thiazole rings is 1. The maximum absolute atomic E-state index is 5.07. The van der Waals surface area contributed by atoms with Gasteiger partial charge in [0.1, 0.15) is 0 Å². The van der Waals surface area contributed by atoms with Gasteiger partial charge < -0.3 is 5.32 Å². The number of aromatic nitrogens is 1. The van der Waals surface area contributed by atoms with E-state index >= 15 is 0 Å². The van der Waals surface area contributed by atoms with Gasteiger partial charge in [-0.05, 0) is 44.1 Å². The average Bonchev–Trinajstić information content (AvgIpc) is 2.80. The molecule has 2 aliphatic rings. The molecule has 0 amide bonds. The van der Waals surface area contributed by atoms with Crippen LogP contribution in [-0.4, -0.2) is 12.0 Å². The third-order valence-corrected chi connectivity index (χ3v) is 6.55. The maximum Gasteiger partial charge on any atom is 0.0962 e. The summed E-state index contributed by atoms with van der Waals surface area (Å²) in [6.07, 6.45) is 7.86. The van der Waals surface area contributed by atoms with Crippen LogP contribution in [-0.2, 0) is 6.42 Å². The first-order chi connectivity index (χ1) is 9.48. The first-order valence-corrected chi connectivity index (χ1v) is 8.97. The maximum atomic E-state index is 5.07. The lowest BCUT2D eigenvalue weighted by molar-refractivity contribution is 0.264. The summed E-state index contributed by atoms with van der Waals surface area (Å²) in [5.41, 5.74) is 1.77. The molecule has 0 bridgehead atoms. The van der Waals surface area contributed by atoms with E-state index in [0.717, 1.165) is 18.3 Å². The molecule has 1 unspecified atom stereocenters. The van der Waals surface area contributed by atoms with Crippen molar-refractivity contribution in [2.45, 2.75) is 71.3 Å². The molecule has 0 aromatic carbocycles. The normalized spacial score (nSPS) is 32.9. The highest BCUT2D eigenvalue weighted by Crippen LogP contribution is 2.46. The summed E-state index contributed by atoms with van der Waals surface area (Å²) in [6.45, 7) is 7.14. The van der Waals surface area contributed by atoms with Crippen LogP contribution in [0.25, 0.3) is 0 Å². The predicted molar refractivity (Wildman–Crippen MR) is 86.4 cm³/mol. The van der Waals surface area contributed by atoms with Gasteiger partial charge in [-0.1, -0.05) is 33.6 Å². The minimum atomic E-state index is 0.382. The quantitative estimate of drug-likeness (QED) is 0.857. The Morgan fingerprint density at radius 3 is 2.55 bits per heavy atom. The van der Waals surface area contributed by atoms with Crippen LogP contribution in [0.2, 0.25) is 0 Å². The first-order valence-electron chi connectivity index (χ1n) is 8.15. The molecule has 20 heavy (non-hydrogen) atoms. The van der Waals surface area contributed by atoms with Crippen LogP contribution in [0.15, 0.2) is 0 Å². The number of nitrogens with zero attached hydrogens (tertiary/aromatic N) is 1. The van der Waals surface area contributed by atoms with E-state index in [0.29, 0.717) is 11.5 Å². The van der Waals surface area contributed by atoms with Crippen LogP contribution >= 0.6 is 11.3 Å². The molecule has 1 N–H and O–H groups in total. The largest absolute Gasteiger partial charge is 0.312 e. The lowest BCUT2D eigenvalue weighted by Crippen LogP contribution is -2.30. The fourth-order valence-electron chi connectivity index (χ4n) is 3.87. The smallest absolute Gasteiger partial charge is 0.0962 e. The van der Waals surface area contributed by atoms with Gasteiger partial charge in [-0.25, -0.2) is 4.98 Å². The van der Waals surface area contributed by atoms with Gasteiger partial charge in [-0.3, -0.25) is 0 Å². The fraction of sp³-hybridized carbons (Fsp3) is 0.824. The first kappa shape index (κ1) is 14.5. The van der Waals surface area contributed by atoms with Crippen molar-refractivity contribution in [1.82, 2.24) is 10.3 Å². The van der Waals surface area contributed by atoms with E-state index in [1.807, 2.05) is 11.3 Å². The van der Waals surface area contributed by atoms with E-state index in [1.165, 1.54) is 47.7 Å². The Kier molecular flexibility index (Phi) is 3.93. The summed E-state index contributed by atoms with van der Waals surface area (Å²) in [7, 11) is 2.09. The molecule has 0 radical (unpaired) electrons. The molecular weight excluding hydrogens is 264 g/mol. The van der Waals surface area contributed by atoms with Crippen LogP contribution in [0.5, 0.6) is 0 Å². The molecule has 1 fully saturated rings. The monoisotopic (exact) mass is 292 g/mol. The summed E-state index contributed by atoms with van der Waals surface area (Å²) in [4.78, 5) is 6.60. The van der Waals surface area contributed by atoms with Crippen molar-refractivity contribution in [3.63, 3.8) is 0 Å². The van der Waals surface area contributed by atoms with E-state index in [2.05, 4.69) is 33.1 Å². The molecule has 1 heterocycles. The van der Waals surface area contributed by atoms with Gasteiger partial charge in [-0.2, -0.15) is 0 Å². The van der Waals surface area contributed by atoms with Crippen LogP contribution in [0.1, 0.15) is 80.4 Å². The minimum absolute atomic E-state index is 0.382. The van der Waals surface area contributed by atoms with Gasteiger partial charge >= 0.3 is 0 Å². The Labute approximate surface area is 127 Å². The molecule has 0 aliphatic heterocycles. The SMILES string of the molecule is CNC1CC(C)(C)Cc2nc(C3CCC(C)CC3)sc21. The molecule has 0 saturated heterocycles. The molecule has 1 aromatic rings. The van der Waals surface area contributed by atoms with Crippen LogP contribution in [0.3, 0.4) is 0 Å². The van der Waals surface area contributed by atoms with E-state index in [9.17, 15) is 0 Å². The van der Waals surface area contributed by atoms with Gasteiger partial charge in [0.15, 0.2) is 0 Å². The molecule has 3 heteroatoms. The number of hydrogen-bond acceptors (Lipinski definition) is 3. The Bertz CT molecular complexity index is 469. The highest BCUT2D eigenvalue weighted by atomic mass is 32.1. The second-order valence-electron chi connectivity index (χ2n) is 7.71. The molecule has 1 saturated carbocycles. The van der Waals surface area contributed by atoms with E-state index in [4.69, 9.17) is 4.98 Å². The molecule has 3 rings (SSSR count). The summed E-state index contributed by atoms with van der Waals surface area (Å²) in [5.74, 6) is 1.66. The summed E-state index contributed by atoms with van der Waals surface area (Å²) in [5, 5.41) is 4.94. The van der Waals surface area contributed by atoms with Gasteiger partial charge in [0.2, 0.25) is 0 Å². The van der Waals surface area contributed by atoms with Crippen molar-refractivity contribution in [1.29, 1.82) is 0 Å². The van der Waals surface area contributed by atoms with Gasteiger partial charge in [0.05, 0.1) is 10.7 Å². The van der Waals surface area contributed by atoms with Crippen LogP contribution < -0.4 is 5.32 Å². The minimum Gasteiger partial charge on any atom is -0.312 e. The zero-order chi connectivity index (χ0) is 14.3. The summed E-state index contributed by atoms with van der Waals surface area (Å²) in [6, 6.07) is 0.516. The van der Waals surface area contributed by atoms with Crippen LogP contribution in [0, 0.1) is 11.3 Å². The number of fused-ring (bicyclic) bond motifs is 1. The van der Waals surface area contributed by atoms with Crippen molar-refractivity contribution < 1.29 is 0 Å². The zero-order valence-electron chi connectivity index (χ0n) is 13.3. The molecule has 2 nitrogen and oxygen atoms in total. The summed E-state index contributed by atoms with van der Waals surface area (Å²) >= 11 is 2.00. The summed E-state index contributed by atoms with van der Waals surface area (Å²) < 4.78 is 0. The van der Waals surface area contributed by atoms with Crippen molar-refractivity contribution in [3.05, 3.63) is 15.6 Å². The fourth-order valence-corrected chi connectivity index (χ4v) is 5.23. The second kappa shape index (κ2) is 5.42. The third-order valence-electron chi connectivity index (χ3n) is 5.18. The molecule has 2 aliphatic carbocycles. The molecule has 0 spiro atoms. The third kappa shape index (κ3) is 2.80. The lowest BCUT2D eigenvalue weighted by atomic mass is 9.76. The van der Waals surface area contributed by atoms with E-state index in [1.54, 1.807) is 0 Å². The Hall–Kier alpha value is -0.410. The Balaban J connectivity index is 1.84. The zero-order valence-corrected chi connectivity index (χ0v) is 14.1. The molecular formula is C17H28N2S. The molecule has 1 atom stereocenters. The van der Waals surface area contributed by atoms with Crippen molar-refractivity contribution >= 4 is 11.3 Å². The predicted octanol–water partition coefficient (Wildman–Crippen LogP) is 4.67. The number of rotatable bonds is 2. The Morgan fingerprint density at radius 1 is 1.20 bits per heavy atom. The second-order valence-corrected chi connectivity index (χ2v) is 8.77. The number of hydrogen-bond donors (Lipinski definition) is 1. The lowest BCUT2D eigenvalue weighted by Gasteiger charge is -2.34. The Morgan fingerprint density at radius 2 is 1.90 bits per heavy atom. The average molecular weight is 292 g/mol. The van der Waals surface area contributed by atoms with Gasteiger partial charge in [0.25, 0.3) is 0 Å². The van der Waals surface area contributed by atoms with E-state index in [-0.39, 0.29) is 0 Å². The number of nitrogens with one attached hydrogen (secondary N) is 1. The molecule has 1 aromatic heterocycles. The van der Waals surface area contributed by atoms with E-state index < -0.39 is 0 Å². The molecule has 112 valence electrons.